The number of anilines is 1. The average Bonchev–Trinajstić information content (AvgIpc) is 2.46. The monoisotopic (exact) mass is 372 g/mol. The molecule has 1 fully saturated rings. The van der Waals surface area contributed by atoms with Gasteiger partial charge in [0.15, 0.2) is 0 Å². The summed E-state index contributed by atoms with van der Waals surface area (Å²) in [6.07, 6.45) is 2.68. The van der Waals surface area contributed by atoms with E-state index < -0.39 is 14.8 Å². The van der Waals surface area contributed by atoms with Crippen molar-refractivity contribution in [3.05, 3.63) is 29.3 Å². The third-order valence-corrected chi connectivity index (χ3v) is 6.81. The van der Waals surface area contributed by atoms with Crippen LogP contribution >= 0.6 is 11.6 Å². The number of hydrogen-bond donors (Lipinski definition) is 2. The van der Waals surface area contributed by atoms with E-state index >= 15 is 0 Å². The van der Waals surface area contributed by atoms with Crippen LogP contribution in [-0.2, 0) is 14.8 Å². The first kappa shape index (κ1) is 19.2. The Hall–Kier alpha value is -1.11. The van der Waals surface area contributed by atoms with Crippen LogP contribution in [-0.4, -0.2) is 25.1 Å². The number of carbonyl (C=O) groups is 1. The van der Waals surface area contributed by atoms with Crippen molar-refractivity contribution in [2.45, 2.75) is 57.2 Å². The van der Waals surface area contributed by atoms with Crippen molar-refractivity contribution >= 4 is 33.2 Å². The highest BCUT2D eigenvalue weighted by atomic mass is 35.5. The molecule has 0 spiro atoms. The van der Waals surface area contributed by atoms with Gasteiger partial charge >= 0.3 is 0 Å². The molecular formula is C17H25ClN2O3S. The number of sulfonamides is 1. The molecule has 1 aliphatic carbocycles. The minimum Gasteiger partial charge on any atom is -0.326 e. The number of rotatable bonds is 4. The van der Waals surface area contributed by atoms with Gasteiger partial charge in [-0.1, -0.05) is 17.7 Å². The van der Waals surface area contributed by atoms with E-state index in [1.54, 1.807) is 45.0 Å². The predicted octanol–water partition coefficient (Wildman–Crippen LogP) is 3.56. The summed E-state index contributed by atoms with van der Waals surface area (Å²) in [5.41, 5.74) is 0.683. The van der Waals surface area contributed by atoms with Gasteiger partial charge in [-0.25, -0.2) is 13.1 Å². The lowest BCUT2D eigenvalue weighted by molar-refractivity contribution is -0.120. The van der Waals surface area contributed by atoms with Crippen LogP contribution in [0.4, 0.5) is 5.69 Å². The Labute approximate surface area is 149 Å². The fraction of sp³-hybridized carbons (Fsp3) is 0.588. The maximum absolute atomic E-state index is 12.3. The molecule has 1 saturated carbocycles. The van der Waals surface area contributed by atoms with Crippen LogP contribution in [0.2, 0.25) is 5.02 Å². The van der Waals surface area contributed by atoms with Gasteiger partial charge in [0.1, 0.15) is 0 Å². The third-order valence-electron chi connectivity index (χ3n) is 4.32. The number of nitrogens with one attached hydrogen (secondary N) is 2. The van der Waals surface area contributed by atoms with Crippen LogP contribution in [0.1, 0.15) is 46.5 Å². The van der Waals surface area contributed by atoms with E-state index in [0.717, 1.165) is 0 Å². The van der Waals surface area contributed by atoms with Gasteiger partial charge in [0.2, 0.25) is 15.9 Å². The number of benzene rings is 1. The summed E-state index contributed by atoms with van der Waals surface area (Å²) in [4.78, 5) is 12.3. The van der Waals surface area contributed by atoms with Crippen LogP contribution in [0.3, 0.4) is 0 Å². The Morgan fingerprint density at radius 3 is 2.33 bits per heavy atom. The van der Waals surface area contributed by atoms with Crippen molar-refractivity contribution in [1.82, 2.24) is 4.72 Å². The number of carbonyl (C=O) groups excluding carboxylic acids is 1. The van der Waals surface area contributed by atoms with Crippen LogP contribution < -0.4 is 10.0 Å². The molecule has 0 aromatic heterocycles. The van der Waals surface area contributed by atoms with Crippen molar-refractivity contribution in [2.24, 2.45) is 5.92 Å². The van der Waals surface area contributed by atoms with E-state index in [1.807, 2.05) is 0 Å². The fourth-order valence-electron chi connectivity index (χ4n) is 2.68. The fourth-order valence-corrected chi connectivity index (χ4v) is 3.90. The van der Waals surface area contributed by atoms with Crippen LogP contribution in [0.15, 0.2) is 24.3 Å². The van der Waals surface area contributed by atoms with Gasteiger partial charge in [-0.15, -0.1) is 0 Å². The molecule has 0 heterocycles. The summed E-state index contributed by atoms with van der Waals surface area (Å²) >= 11 is 5.92. The quantitative estimate of drug-likeness (QED) is 0.848. The minimum absolute atomic E-state index is 0.0330. The molecule has 0 unspecified atom stereocenters. The predicted molar refractivity (Wildman–Crippen MR) is 97.6 cm³/mol. The molecule has 0 saturated heterocycles. The zero-order valence-corrected chi connectivity index (χ0v) is 15.9. The highest BCUT2D eigenvalue weighted by molar-refractivity contribution is 7.90. The zero-order valence-electron chi connectivity index (χ0n) is 14.3. The molecule has 24 heavy (non-hydrogen) atoms. The normalized spacial score (nSPS) is 22.2. The standard InChI is InChI=1S/C17H25ClN2O3S/c1-17(2,3)24(22,23)20-14-9-7-12(8-10-14)16(21)19-15-6-4-5-13(18)11-15/h4-6,11-12,14,20H,7-10H2,1-3H3,(H,19,21). The number of halogens is 1. The SMILES string of the molecule is CC(C)(C)S(=O)(=O)NC1CCC(C(=O)Nc2cccc(Cl)c2)CC1. The van der Waals surface area contributed by atoms with Gasteiger partial charge in [0.05, 0.1) is 4.75 Å². The molecule has 0 atom stereocenters. The lowest BCUT2D eigenvalue weighted by Crippen LogP contribution is -2.46. The number of hydrogen-bond acceptors (Lipinski definition) is 3. The second-order valence-electron chi connectivity index (χ2n) is 7.28. The Morgan fingerprint density at radius 2 is 1.79 bits per heavy atom. The van der Waals surface area contributed by atoms with Crippen LogP contribution in [0.5, 0.6) is 0 Å². The van der Waals surface area contributed by atoms with Crippen LogP contribution in [0.25, 0.3) is 0 Å². The maximum Gasteiger partial charge on any atom is 0.227 e. The highest BCUT2D eigenvalue weighted by Crippen LogP contribution is 2.27. The minimum atomic E-state index is -3.35. The van der Waals surface area contributed by atoms with Gasteiger partial charge in [-0.3, -0.25) is 4.79 Å². The Kier molecular flexibility index (Phi) is 5.94. The Balaban J connectivity index is 1.87. The van der Waals surface area contributed by atoms with Gasteiger partial charge < -0.3 is 5.32 Å². The zero-order chi connectivity index (χ0) is 18.0. The lowest BCUT2D eigenvalue weighted by atomic mass is 9.86. The molecule has 1 aliphatic rings. The molecule has 1 aromatic carbocycles. The van der Waals surface area contributed by atoms with Crippen molar-refractivity contribution < 1.29 is 13.2 Å². The summed E-state index contributed by atoms with van der Waals surface area (Å²) < 4.78 is 26.4. The molecule has 2 N–H and O–H groups in total. The van der Waals surface area contributed by atoms with Crippen molar-refractivity contribution in [2.75, 3.05) is 5.32 Å². The molecular weight excluding hydrogens is 348 g/mol. The molecule has 0 aliphatic heterocycles. The molecule has 7 heteroatoms. The van der Waals surface area contributed by atoms with Gasteiger partial charge in [-0.2, -0.15) is 0 Å². The van der Waals surface area contributed by atoms with E-state index in [9.17, 15) is 13.2 Å². The van der Waals surface area contributed by atoms with Crippen molar-refractivity contribution in [3.8, 4) is 0 Å². The van der Waals surface area contributed by atoms with Gasteiger partial charge in [0, 0.05) is 22.7 Å². The molecule has 1 amide bonds. The van der Waals surface area contributed by atoms with E-state index in [1.165, 1.54) is 0 Å². The summed E-state index contributed by atoms with van der Waals surface area (Å²) in [5.74, 6) is -0.131. The molecule has 1 aromatic rings. The molecule has 2 rings (SSSR count). The smallest absolute Gasteiger partial charge is 0.227 e. The van der Waals surface area contributed by atoms with Gasteiger partial charge in [0.25, 0.3) is 0 Å². The molecule has 0 radical (unpaired) electrons. The Bertz CT molecular complexity index is 690. The topological polar surface area (TPSA) is 75.3 Å². The highest BCUT2D eigenvalue weighted by Gasteiger charge is 2.34. The van der Waals surface area contributed by atoms with E-state index in [2.05, 4.69) is 10.0 Å². The first-order chi connectivity index (χ1) is 11.1. The summed E-state index contributed by atoms with van der Waals surface area (Å²) in [5, 5.41) is 3.45. The second-order valence-corrected chi connectivity index (χ2v) is 10.2. The summed E-state index contributed by atoms with van der Waals surface area (Å²) in [6, 6.07) is 6.96. The van der Waals surface area contributed by atoms with E-state index in [-0.39, 0.29) is 17.9 Å². The second kappa shape index (κ2) is 7.42. The molecule has 0 bridgehead atoms. The number of amides is 1. The first-order valence-corrected chi connectivity index (χ1v) is 10.0. The lowest BCUT2D eigenvalue weighted by Gasteiger charge is -2.30. The first-order valence-electron chi connectivity index (χ1n) is 8.17. The van der Waals surface area contributed by atoms with E-state index in [0.29, 0.717) is 36.4 Å². The maximum atomic E-state index is 12.3. The van der Waals surface area contributed by atoms with E-state index in [4.69, 9.17) is 11.6 Å². The largest absolute Gasteiger partial charge is 0.326 e. The summed E-state index contributed by atoms with van der Waals surface area (Å²) in [6.45, 7) is 5.04. The van der Waals surface area contributed by atoms with Gasteiger partial charge in [-0.05, 0) is 64.7 Å². The Morgan fingerprint density at radius 1 is 1.17 bits per heavy atom. The van der Waals surface area contributed by atoms with Crippen LogP contribution in [0, 0.1) is 5.92 Å². The molecule has 134 valence electrons. The van der Waals surface area contributed by atoms with Crippen molar-refractivity contribution in [1.29, 1.82) is 0 Å². The molecule has 5 nitrogen and oxygen atoms in total. The summed E-state index contributed by atoms with van der Waals surface area (Å²) in [7, 11) is -3.35. The average molecular weight is 373 g/mol. The third kappa shape index (κ3) is 4.94. The van der Waals surface area contributed by atoms with Crippen molar-refractivity contribution in [3.63, 3.8) is 0 Å².